The Morgan fingerprint density at radius 1 is 1.54 bits per heavy atom. The highest BCUT2D eigenvalue weighted by Crippen LogP contribution is 2.24. The SMILES string of the molecule is NCc1cnc(C2CCNCC2)o1. The van der Waals surface area contributed by atoms with Crippen LogP contribution in [-0.2, 0) is 6.54 Å². The van der Waals surface area contributed by atoms with Crippen molar-refractivity contribution >= 4 is 0 Å². The third-order valence-corrected chi connectivity index (χ3v) is 2.46. The van der Waals surface area contributed by atoms with Crippen molar-refractivity contribution < 1.29 is 4.42 Å². The topological polar surface area (TPSA) is 64.1 Å². The van der Waals surface area contributed by atoms with Crippen molar-refractivity contribution in [1.82, 2.24) is 10.3 Å². The summed E-state index contributed by atoms with van der Waals surface area (Å²) in [6.07, 6.45) is 3.96. The number of hydrogen-bond acceptors (Lipinski definition) is 4. The van der Waals surface area contributed by atoms with E-state index in [9.17, 15) is 0 Å². The fraction of sp³-hybridized carbons (Fsp3) is 0.667. The lowest BCUT2D eigenvalue weighted by atomic mass is 9.98. The van der Waals surface area contributed by atoms with E-state index in [1.54, 1.807) is 6.20 Å². The molecular weight excluding hydrogens is 166 g/mol. The van der Waals surface area contributed by atoms with Crippen LogP contribution in [0.2, 0.25) is 0 Å². The van der Waals surface area contributed by atoms with Crippen molar-refractivity contribution in [3.05, 3.63) is 17.8 Å². The molecule has 2 rings (SSSR count). The lowest BCUT2D eigenvalue weighted by molar-refractivity contribution is 0.361. The van der Waals surface area contributed by atoms with Gasteiger partial charge in [0.2, 0.25) is 0 Å². The first kappa shape index (κ1) is 8.72. The van der Waals surface area contributed by atoms with Crippen LogP contribution >= 0.6 is 0 Å². The molecule has 0 atom stereocenters. The number of rotatable bonds is 2. The smallest absolute Gasteiger partial charge is 0.197 e. The largest absolute Gasteiger partial charge is 0.444 e. The standard InChI is InChI=1S/C9H15N3O/c10-5-8-6-12-9(13-8)7-1-3-11-4-2-7/h6-7,11H,1-5,10H2. The second-order valence-corrected chi connectivity index (χ2v) is 3.39. The molecule has 0 aromatic carbocycles. The molecule has 0 unspecified atom stereocenters. The molecule has 0 bridgehead atoms. The van der Waals surface area contributed by atoms with Crippen molar-refractivity contribution in [3.63, 3.8) is 0 Å². The highest BCUT2D eigenvalue weighted by molar-refractivity contribution is 4.99. The molecular formula is C9H15N3O. The van der Waals surface area contributed by atoms with E-state index >= 15 is 0 Å². The van der Waals surface area contributed by atoms with Crippen LogP contribution in [0.25, 0.3) is 0 Å². The van der Waals surface area contributed by atoms with Crippen molar-refractivity contribution in [2.75, 3.05) is 13.1 Å². The maximum Gasteiger partial charge on any atom is 0.197 e. The summed E-state index contributed by atoms with van der Waals surface area (Å²) in [5.74, 6) is 2.14. The zero-order valence-corrected chi connectivity index (χ0v) is 7.62. The van der Waals surface area contributed by atoms with Gasteiger partial charge in [-0.15, -0.1) is 0 Å². The Balaban J connectivity index is 2.05. The predicted octanol–water partition coefficient (Wildman–Crippen LogP) is 0.600. The Morgan fingerprint density at radius 2 is 2.31 bits per heavy atom. The van der Waals surface area contributed by atoms with Crippen molar-refractivity contribution in [1.29, 1.82) is 0 Å². The third-order valence-electron chi connectivity index (χ3n) is 2.46. The maximum atomic E-state index is 5.51. The van der Waals surface area contributed by atoms with E-state index in [1.807, 2.05) is 0 Å². The average Bonchev–Trinajstić information content (AvgIpc) is 2.67. The summed E-state index contributed by atoms with van der Waals surface area (Å²) < 4.78 is 5.51. The lowest BCUT2D eigenvalue weighted by Gasteiger charge is -2.19. The van der Waals surface area contributed by atoms with Gasteiger partial charge in [-0.25, -0.2) is 4.98 Å². The van der Waals surface area contributed by atoms with E-state index in [0.717, 1.165) is 37.6 Å². The number of piperidine rings is 1. The zero-order valence-electron chi connectivity index (χ0n) is 7.62. The maximum absolute atomic E-state index is 5.51. The summed E-state index contributed by atoms with van der Waals surface area (Å²) in [5.41, 5.74) is 5.45. The summed E-state index contributed by atoms with van der Waals surface area (Å²) in [7, 11) is 0. The Bertz CT molecular complexity index is 266. The summed E-state index contributed by atoms with van der Waals surface area (Å²) in [6.45, 7) is 2.56. The number of oxazole rings is 1. The second-order valence-electron chi connectivity index (χ2n) is 3.39. The van der Waals surface area contributed by atoms with Gasteiger partial charge in [-0.3, -0.25) is 0 Å². The van der Waals surface area contributed by atoms with Gasteiger partial charge >= 0.3 is 0 Å². The lowest BCUT2D eigenvalue weighted by Crippen LogP contribution is -2.26. The minimum Gasteiger partial charge on any atom is -0.444 e. The molecule has 1 fully saturated rings. The molecule has 1 aliphatic rings. The third kappa shape index (κ3) is 1.89. The number of hydrogen-bond donors (Lipinski definition) is 2. The summed E-state index contributed by atoms with van der Waals surface area (Å²) in [4.78, 5) is 4.24. The monoisotopic (exact) mass is 181 g/mol. The highest BCUT2D eigenvalue weighted by Gasteiger charge is 2.19. The number of aromatic nitrogens is 1. The highest BCUT2D eigenvalue weighted by atomic mass is 16.4. The number of nitrogens with two attached hydrogens (primary N) is 1. The van der Waals surface area contributed by atoms with E-state index in [1.165, 1.54) is 0 Å². The van der Waals surface area contributed by atoms with Crippen LogP contribution in [-0.4, -0.2) is 18.1 Å². The summed E-state index contributed by atoms with van der Waals surface area (Å²) >= 11 is 0. The quantitative estimate of drug-likeness (QED) is 0.701. The minimum absolute atomic E-state index is 0.442. The van der Waals surface area contributed by atoms with Crippen LogP contribution in [0.5, 0.6) is 0 Å². The first-order valence-electron chi connectivity index (χ1n) is 4.75. The van der Waals surface area contributed by atoms with Gasteiger partial charge in [0.25, 0.3) is 0 Å². The fourth-order valence-corrected chi connectivity index (χ4v) is 1.67. The number of nitrogens with one attached hydrogen (secondary N) is 1. The molecule has 72 valence electrons. The fourth-order valence-electron chi connectivity index (χ4n) is 1.67. The number of nitrogens with zero attached hydrogens (tertiary/aromatic N) is 1. The zero-order chi connectivity index (χ0) is 9.10. The molecule has 1 aliphatic heterocycles. The Hall–Kier alpha value is -0.870. The Morgan fingerprint density at radius 3 is 2.92 bits per heavy atom. The molecule has 4 heteroatoms. The molecule has 1 aromatic heterocycles. The normalized spacial score (nSPS) is 19.2. The van der Waals surface area contributed by atoms with Gasteiger partial charge in [0.15, 0.2) is 5.89 Å². The molecule has 0 spiro atoms. The molecule has 0 saturated carbocycles. The van der Waals surface area contributed by atoms with Crippen LogP contribution < -0.4 is 11.1 Å². The Kier molecular flexibility index (Phi) is 2.61. The van der Waals surface area contributed by atoms with E-state index < -0.39 is 0 Å². The van der Waals surface area contributed by atoms with Gasteiger partial charge in [-0.1, -0.05) is 0 Å². The molecule has 0 radical (unpaired) electrons. The molecule has 1 aromatic rings. The Labute approximate surface area is 77.5 Å². The minimum atomic E-state index is 0.442. The summed E-state index contributed by atoms with van der Waals surface area (Å²) in [5, 5.41) is 3.31. The van der Waals surface area contributed by atoms with Gasteiger partial charge in [0, 0.05) is 5.92 Å². The second kappa shape index (κ2) is 3.89. The molecule has 0 amide bonds. The van der Waals surface area contributed by atoms with E-state index in [4.69, 9.17) is 10.2 Å². The molecule has 4 nitrogen and oxygen atoms in total. The first-order chi connectivity index (χ1) is 6.40. The first-order valence-corrected chi connectivity index (χ1v) is 4.75. The molecule has 3 N–H and O–H groups in total. The molecule has 0 aliphatic carbocycles. The van der Waals surface area contributed by atoms with Gasteiger partial charge in [0.1, 0.15) is 5.76 Å². The van der Waals surface area contributed by atoms with Crippen molar-refractivity contribution in [2.24, 2.45) is 5.73 Å². The van der Waals surface area contributed by atoms with Crippen molar-refractivity contribution in [3.8, 4) is 0 Å². The van der Waals surface area contributed by atoms with Gasteiger partial charge in [-0.05, 0) is 25.9 Å². The van der Waals surface area contributed by atoms with E-state index in [2.05, 4.69) is 10.3 Å². The van der Waals surface area contributed by atoms with E-state index in [0.29, 0.717) is 12.5 Å². The molecule has 2 heterocycles. The van der Waals surface area contributed by atoms with Crippen LogP contribution in [0.1, 0.15) is 30.4 Å². The summed E-state index contributed by atoms with van der Waals surface area (Å²) in [6, 6.07) is 0. The molecule has 1 saturated heterocycles. The van der Waals surface area contributed by atoms with Gasteiger partial charge in [-0.2, -0.15) is 0 Å². The molecule has 13 heavy (non-hydrogen) atoms. The van der Waals surface area contributed by atoms with Crippen molar-refractivity contribution in [2.45, 2.75) is 25.3 Å². The van der Waals surface area contributed by atoms with E-state index in [-0.39, 0.29) is 0 Å². The van der Waals surface area contributed by atoms with Crippen LogP contribution in [0.3, 0.4) is 0 Å². The van der Waals surface area contributed by atoms with Crippen LogP contribution in [0.15, 0.2) is 10.6 Å². The van der Waals surface area contributed by atoms with Gasteiger partial charge in [0.05, 0.1) is 12.7 Å². The van der Waals surface area contributed by atoms with Crippen LogP contribution in [0.4, 0.5) is 0 Å². The average molecular weight is 181 g/mol. The van der Waals surface area contributed by atoms with Gasteiger partial charge < -0.3 is 15.5 Å². The predicted molar refractivity (Wildman–Crippen MR) is 49.2 cm³/mol. The van der Waals surface area contributed by atoms with Crippen LogP contribution in [0, 0.1) is 0 Å².